The smallest absolute Gasteiger partial charge is 0.222 e. The van der Waals surface area contributed by atoms with Crippen molar-refractivity contribution < 1.29 is 4.79 Å². The second-order valence-corrected chi connectivity index (χ2v) is 5.05. The summed E-state index contributed by atoms with van der Waals surface area (Å²) in [4.78, 5) is 16.2. The van der Waals surface area contributed by atoms with Gasteiger partial charge in [-0.3, -0.25) is 4.79 Å². The predicted molar refractivity (Wildman–Crippen MR) is 60.7 cm³/mol. The molecular weight excluding hydrogens is 188 g/mol. The largest absolute Gasteiger partial charge is 0.340 e. The molecule has 2 fully saturated rings. The number of carbonyl (C=O) groups excluding carboxylic acids is 1. The first-order chi connectivity index (χ1) is 7.18. The first kappa shape index (κ1) is 10.9. The molecule has 0 N–H and O–H groups in total. The van der Waals surface area contributed by atoms with Crippen LogP contribution >= 0.6 is 0 Å². The van der Waals surface area contributed by atoms with Crippen molar-refractivity contribution >= 4 is 5.91 Å². The molecule has 0 aromatic heterocycles. The van der Waals surface area contributed by atoms with Gasteiger partial charge in [0.2, 0.25) is 5.91 Å². The zero-order chi connectivity index (χ0) is 10.8. The minimum Gasteiger partial charge on any atom is -0.340 e. The van der Waals surface area contributed by atoms with Crippen molar-refractivity contribution in [2.24, 2.45) is 0 Å². The highest BCUT2D eigenvalue weighted by atomic mass is 16.2. The average Bonchev–Trinajstić information content (AvgIpc) is 2.65. The number of rotatable bonds is 2. The fourth-order valence-corrected chi connectivity index (χ4v) is 2.77. The molecular formula is C12H22N2O. The minimum atomic E-state index is 0.387. The van der Waals surface area contributed by atoms with Crippen molar-refractivity contribution in [3.8, 4) is 0 Å². The second kappa shape index (κ2) is 4.52. The number of likely N-dealkylation sites (tertiary alicyclic amines) is 2. The van der Waals surface area contributed by atoms with E-state index in [1.54, 1.807) is 0 Å². The van der Waals surface area contributed by atoms with E-state index in [0.29, 0.717) is 18.0 Å². The van der Waals surface area contributed by atoms with Gasteiger partial charge in [0, 0.05) is 38.1 Å². The Kier molecular flexibility index (Phi) is 3.29. The molecule has 0 aromatic rings. The third-order valence-corrected chi connectivity index (χ3v) is 3.78. The highest BCUT2D eigenvalue weighted by Gasteiger charge is 2.30. The summed E-state index contributed by atoms with van der Waals surface area (Å²) in [6.45, 7) is 7.83. The van der Waals surface area contributed by atoms with Gasteiger partial charge in [0.25, 0.3) is 0 Å². The Morgan fingerprint density at radius 3 is 2.33 bits per heavy atom. The maximum Gasteiger partial charge on any atom is 0.222 e. The number of carbonyl (C=O) groups is 1. The first-order valence-corrected chi connectivity index (χ1v) is 6.22. The summed E-state index contributed by atoms with van der Waals surface area (Å²) in [7, 11) is 0. The normalized spacial score (nSPS) is 25.5. The summed E-state index contributed by atoms with van der Waals surface area (Å²) in [6.07, 6.45) is 4.20. The number of piperidine rings is 1. The predicted octanol–water partition coefficient (Wildman–Crippen LogP) is 1.48. The number of hydrogen-bond acceptors (Lipinski definition) is 2. The molecule has 0 aromatic carbocycles. The molecule has 15 heavy (non-hydrogen) atoms. The molecule has 0 saturated carbocycles. The van der Waals surface area contributed by atoms with Crippen molar-refractivity contribution in [2.45, 2.75) is 51.6 Å². The maximum atomic E-state index is 11.6. The monoisotopic (exact) mass is 210 g/mol. The number of hydrogen-bond donors (Lipinski definition) is 0. The van der Waals surface area contributed by atoms with Crippen molar-refractivity contribution in [1.29, 1.82) is 0 Å². The molecule has 0 atom stereocenters. The molecule has 0 unspecified atom stereocenters. The Labute approximate surface area is 92.4 Å². The lowest BCUT2D eigenvalue weighted by atomic mass is 10.0. The van der Waals surface area contributed by atoms with Crippen molar-refractivity contribution in [3.05, 3.63) is 0 Å². The number of amides is 1. The van der Waals surface area contributed by atoms with Crippen molar-refractivity contribution in [2.75, 3.05) is 19.6 Å². The minimum absolute atomic E-state index is 0.387. The van der Waals surface area contributed by atoms with Crippen molar-refractivity contribution in [3.63, 3.8) is 0 Å². The van der Waals surface area contributed by atoms with Crippen LogP contribution in [0.15, 0.2) is 0 Å². The fourth-order valence-electron chi connectivity index (χ4n) is 2.77. The Morgan fingerprint density at radius 2 is 1.87 bits per heavy atom. The lowest BCUT2D eigenvalue weighted by molar-refractivity contribution is -0.130. The molecule has 1 amide bonds. The van der Waals surface area contributed by atoms with E-state index in [4.69, 9.17) is 0 Å². The molecule has 0 spiro atoms. The fraction of sp³-hybridized carbons (Fsp3) is 0.917. The van der Waals surface area contributed by atoms with Crippen LogP contribution in [0, 0.1) is 0 Å². The molecule has 2 heterocycles. The number of nitrogens with zero attached hydrogens (tertiary/aromatic N) is 2. The molecule has 2 aliphatic heterocycles. The summed E-state index contributed by atoms with van der Waals surface area (Å²) in [5.41, 5.74) is 0. The van der Waals surface area contributed by atoms with E-state index in [1.807, 2.05) is 0 Å². The van der Waals surface area contributed by atoms with Crippen LogP contribution in [0.3, 0.4) is 0 Å². The quantitative estimate of drug-likeness (QED) is 0.689. The average molecular weight is 210 g/mol. The standard InChI is InChI=1S/C12H22N2O/c1-10(2)13-8-5-11(6-9-13)14-7-3-4-12(14)15/h10-11H,3-9H2,1-2H3. The molecule has 86 valence electrons. The molecule has 0 bridgehead atoms. The van der Waals surface area contributed by atoms with Crippen LogP contribution < -0.4 is 0 Å². The van der Waals surface area contributed by atoms with Gasteiger partial charge in [0.1, 0.15) is 0 Å². The molecule has 2 saturated heterocycles. The molecule has 2 rings (SSSR count). The topological polar surface area (TPSA) is 23.6 Å². The third-order valence-electron chi connectivity index (χ3n) is 3.78. The van der Waals surface area contributed by atoms with Crippen molar-refractivity contribution in [1.82, 2.24) is 9.80 Å². The molecule has 3 heteroatoms. The lowest BCUT2D eigenvalue weighted by Gasteiger charge is -2.38. The highest BCUT2D eigenvalue weighted by molar-refractivity contribution is 5.78. The van der Waals surface area contributed by atoms with Crippen LogP contribution in [0.25, 0.3) is 0 Å². The Bertz CT molecular complexity index is 232. The van der Waals surface area contributed by atoms with Gasteiger partial charge in [-0.25, -0.2) is 0 Å². The van der Waals surface area contributed by atoms with Gasteiger partial charge in [0.05, 0.1) is 0 Å². The van der Waals surface area contributed by atoms with Gasteiger partial charge in [-0.15, -0.1) is 0 Å². The van der Waals surface area contributed by atoms with E-state index in [-0.39, 0.29) is 0 Å². The van der Waals surface area contributed by atoms with Crippen LogP contribution in [0.2, 0.25) is 0 Å². The molecule has 3 nitrogen and oxygen atoms in total. The summed E-state index contributed by atoms with van der Waals surface area (Å²) in [5, 5.41) is 0. The molecule has 0 radical (unpaired) electrons. The zero-order valence-corrected chi connectivity index (χ0v) is 9.91. The molecule has 2 aliphatic rings. The summed E-state index contributed by atoms with van der Waals surface area (Å²) in [6, 6.07) is 1.19. The Hall–Kier alpha value is -0.570. The van der Waals surface area contributed by atoms with E-state index in [9.17, 15) is 4.79 Å². The van der Waals surface area contributed by atoms with Gasteiger partial charge >= 0.3 is 0 Å². The summed E-state index contributed by atoms with van der Waals surface area (Å²) < 4.78 is 0. The van der Waals surface area contributed by atoms with E-state index in [0.717, 1.165) is 32.5 Å². The van der Waals surface area contributed by atoms with E-state index < -0.39 is 0 Å². The van der Waals surface area contributed by atoms with Gasteiger partial charge in [0.15, 0.2) is 0 Å². The van der Waals surface area contributed by atoms with E-state index in [2.05, 4.69) is 23.6 Å². The highest BCUT2D eigenvalue weighted by Crippen LogP contribution is 2.22. The van der Waals surface area contributed by atoms with E-state index >= 15 is 0 Å². The van der Waals surface area contributed by atoms with Gasteiger partial charge in [-0.2, -0.15) is 0 Å². The van der Waals surface area contributed by atoms with Crippen LogP contribution in [0.4, 0.5) is 0 Å². The second-order valence-electron chi connectivity index (χ2n) is 5.05. The Morgan fingerprint density at radius 1 is 1.20 bits per heavy atom. The SMILES string of the molecule is CC(C)N1CCC(N2CCCC2=O)CC1. The lowest BCUT2D eigenvalue weighted by Crippen LogP contribution is -2.47. The van der Waals surface area contributed by atoms with Crippen LogP contribution in [-0.4, -0.2) is 47.4 Å². The third kappa shape index (κ3) is 2.33. The van der Waals surface area contributed by atoms with Gasteiger partial charge in [-0.1, -0.05) is 0 Å². The first-order valence-electron chi connectivity index (χ1n) is 6.22. The Balaban J connectivity index is 1.85. The summed E-state index contributed by atoms with van der Waals surface area (Å²) in [5.74, 6) is 0.387. The maximum absolute atomic E-state index is 11.6. The van der Waals surface area contributed by atoms with E-state index in [1.165, 1.54) is 12.8 Å². The van der Waals surface area contributed by atoms with Crippen LogP contribution in [-0.2, 0) is 4.79 Å². The van der Waals surface area contributed by atoms with Gasteiger partial charge in [-0.05, 0) is 33.1 Å². The van der Waals surface area contributed by atoms with Gasteiger partial charge < -0.3 is 9.80 Å². The van der Waals surface area contributed by atoms with Crippen LogP contribution in [0.5, 0.6) is 0 Å². The molecule has 0 aliphatic carbocycles. The zero-order valence-electron chi connectivity index (χ0n) is 9.91. The van der Waals surface area contributed by atoms with Crippen LogP contribution in [0.1, 0.15) is 39.5 Å². The summed E-state index contributed by atoms with van der Waals surface area (Å²) >= 11 is 0.